The number of hydrogen-bond acceptors (Lipinski definition) is 4. The van der Waals surface area contributed by atoms with E-state index in [0.717, 1.165) is 32.1 Å². The Labute approximate surface area is 155 Å². The number of nitrogens with one attached hydrogen (secondary N) is 1. The molecule has 0 atom stereocenters. The van der Waals surface area contributed by atoms with Gasteiger partial charge in [-0.15, -0.1) is 0 Å². The van der Waals surface area contributed by atoms with Crippen LogP contribution in [-0.4, -0.2) is 34.6 Å². The minimum atomic E-state index is -0.356. The molecule has 25 heavy (non-hydrogen) atoms. The zero-order valence-electron chi connectivity index (χ0n) is 14.0. The zero-order chi connectivity index (χ0) is 18.0. The highest BCUT2D eigenvalue weighted by Crippen LogP contribution is 2.36. The standard InChI is InChI=1S/C18H21BrN2O4/c1-2-25-15-10-11(8-13(19)16(15)22)9-14-17(23)21(18(24)20-14)12-6-4-3-5-7-12/h8-10,12,22H,2-7H2,1H3,(H,20,24)/b14-9-. The van der Waals surface area contributed by atoms with Gasteiger partial charge in [0.25, 0.3) is 5.91 Å². The predicted molar refractivity (Wildman–Crippen MR) is 97.2 cm³/mol. The van der Waals surface area contributed by atoms with Gasteiger partial charge in [-0.3, -0.25) is 9.69 Å². The quantitative estimate of drug-likeness (QED) is 0.586. The molecule has 0 radical (unpaired) electrons. The topological polar surface area (TPSA) is 78.9 Å². The number of hydrogen-bond donors (Lipinski definition) is 2. The monoisotopic (exact) mass is 408 g/mol. The molecule has 2 aliphatic rings. The number of amides is 3. The third kappa shape index (κ3) is 3.66. The number of carbonyl (C=O) groups excluding carboxylic acids is 2. The lowest BCUT2D eigenvalue weighted by atomic mass is 9.94. The van der Waals surface area contributed by atoms with Crippen LogP contribution in [0.2, 0.25) is 0 Å². The summed E-state index contributed by atoms with van der Waals surface area (Å²) in [6.45, 7) is 2.23. The number of nitrogens with zero attached hydrogens (tertiary/aromatic N) is 1. The Hall–Kier alpha value is -2.02. The molecule has 3 rings (SSSR count). The van der Waals surface area contributed by atoms with Gasteiger partial charge in [-0.25, -0.2) is 4.79 Å². The van der Waals surface area contributed by atoms with Crippen LogP contribution in [0.5, 0.6) is 11.5 Å². The first-order valence-electron chi connectivity index (χ1n) is 8.52. The molecule has 2 N–H and O–H groups in total. The van der Waals surface area contributed by atoms with Crippen molar-refractivity contribution in [3.05, 3.63) is 27.9 Å². The van der Waals surface area contributed by atoms with Crippen molar-refractivity contribution in [1.29, 1.82) is 0 Å². The summed E-state index contributed by atoms with van der Waals surface area (Å²) in [5.74, 6) is 0.0401. The molecule has 1 aromatic rings. The number of urea groups is 1. The summed E-state index contributed by atoms with van der Waals surface area (Å²) in [5.41, 5.74) is 0.901. The van der Waals surface area contributed by atoms with Crippen molar-refractivity contribution in [2.24, 2.45) is 0 Å². The molecule has 6 nitrogen and oxygen atoms in total. The molecular formula is C18H21BrN2O4. The molecular weight excluding hydrogens is 388 g/mol. The highest BCUT2D eigenvalue weighted by Gasteiger charge is 2.38. The fraction of sp³-hybridized carbons (Fsp3) is 0.444. The first kappa shape index (κ1) is 17.8. The molecule has 0 spiro atoms. The van der Waals surface area contributed by atoms with Crippen LogP contribution in [0.3, 0.4) is 0 Å². The van der Waals surface area contributed by atoms with E-state index >= 15 is 0 Å². The van der Waals surface area contributed by atoms with Gasteiger partial charge in [0.05, 0.1) is 11.1 Å². The third-order valence-electron chi connectivity index (χ3n) is 4.51. The van der Waals surface area contributed by atoms with Gasteiger partial charge in [-0.05, 0) is 59.5 Å². The average Bonchev–Trinajstić information content (AvgIpc) is 2.87. The van der Waals surface area contributed by atoms with Crippen molar-refractivity contribution >= 4 is 33.9 Å². The Morgan fingerprint density at radius 2 is 2.04 bits per heavy atom. The predicted octanol–water partition coefficient (Wildman–Crippen LogP) is 3.78. The van der Waals surface area contributed by atoms with Crippen molar-refractivity contribution in [3.63, 3.8) is 0 Å². The van der Waals surface area contributed by atoms with Gasteiger partial charge in [0.15, 0.2) is 11.5 Å². The lowest BCUT2D eigenvalue weighted by Gasteiger charge is -2.28. The number of aromatic hydroxyl groups is 1. The van der Waals surface area contributed by atoms with E-state index in [1.807, 2.05) is 6.92 Å². The Kier molecular flexibility index (Phi) is 5.32. The molecule has 1 saturated carbocycles. The van der Waals surface area contributed by atoms with Crippen molar-refractivity contribution in [3.8, 4) is 11.5 Å². The molecule has 0 bridgehead atoms. The van der Waals surface area contributed by atoms with E-state index in [9.17, 15) is 14.7 Å². The molecule has 1 saturated heterocycles. The molecule has 0 unspecified atom stereocenters. The molecule has 3 amide bonds. The van der Waals surface area contributed by atoms with E-state index in [2.05, 4.69) is 21.2 Å². The van der Waals surface area contributed by atoms with Gasteiger partial charge in [0.2, 0.25) is 0 Å². The van der Waals surface area contributed by atoms with E-state index < -0.39 is 0 Å². The number of carbonyl (C=O) groups is 2. The number of benzene rings is 1. The molecule has 1 aliphatic carbocycles. The van der Waals surface area contributed by atoms with Crippen LogP contribution >= 0.6 is 15.9 Å². The van der Waals surface area contributed by atoms with Crippen molar-refractivity contribution in [1.82, 2.24) is 10.2 Å². The first-order chi connectivity index (χ1) is 12.0. The summed E-state index contributed by atoms with van der Waals surface area (Å²) in [7, 11) is 0. The number of imide groups is 1. The second-order valence-electron chi connectivity index (χ2n) is 6.24. The average molecular weight is 409 g/mol. The fourth-order valence-corrected chi connectivity index (χ4v) is 3.79. The van der Waals surface area contributed by atoms with E-state index in [1.54, 1.807) is 18.2 Å². The maximum Gasteiger partial charge on any atom is 0.329 e. The van der Waals surface area contributed by atoms with Gasteiger partial charge >= 0.3 is 6.03 Å². The van der Waals surface area contributed by atoms with Gasteiger partial charge in [0, 0.05) is 6.04 Å². The smallest absolute Gasteiger partial charge is 0.329 e. The summed E-state index contributed by atoms with van der Waals surface area (Å²) in [4.78, 5) is 26.3. The fourth-order valence-electron chi connectivity index (χ4n) is 3.33. The maximum atomic E-state index is 12.7. The Morgan fingerprint density at radius 1 is 1.32 bits per heavy atom. The zero-order valence-corrected chi connectivity index (χ0v) is 15.6. The molecule has 1 aromatic carbocycles. The van der Waals surface area contributed by atoms with E-state index in [0.29, 0.717) is 22.4 Å². The van der Waals surface area contributed by atoms with E-state index in [-0.39, 0.29) is 29.4 Å². The Bertz CT molecular complexity index is 726. The molecule has 1 heterocycles. The third-order valence-corrected chi connectivity index (χ3v) is 5.12. The molecule has 1 aliphatic heterocycles. The van der Waals surface area contributed by atoms with Gasteiger partial charge in [-0.1, -0.05) is 19.3 Å². The normalized spacial score (nSPS) is 20.2. The van der Waals surface area contributed by atoms with Crippen LogP contribution in [0.15, 0.2) is 22.3 Å². The lowest BCUT2D eigenvalue weighted by molar-refractivity contribution is -0.124. The number of ether oxygens (including phenoxy) is 1. The summed E-state index contributed by atoms with van der Waals surface area (Å²) in [6.07, 6.45) is 6.59. The highest BCUT2D eigenvalue weighted by atomic mass is 79.9. The van der Waals surface area contributed by atoms with Crippen LogP contribution in [0.4, 0.5) is 4.79 Å². The van der Waals surface area contributed by atoms with Crippen molar-refractivity contribution in [2.75, 3.05) is 6.61 Å². The first-order valence-corrected chi connectivity index (χ1v) is 9.32. The summed E-state index contributed by atoms with van der Waals surface area (Å²) < 4.78 is 5.86. The number of phenols is 1. The Balaban J connectivity index is 1.86. The minimum absolute atomic E-state index is 0.00890. The lowest BCUT2D eigenvalue weighted by Crippen LogP contribution is -2.41. The van der Waals surface area contributed by atoms with Crippen LogP contribution in [0.25, 0.3) is 6.08 Å². The molecule has 7 heteroatoms. The molecule has 2 fully saturated rings. The van der Waals surface area contributed by atoms with Gasteiger partial charge < -0.3 is 15.2 Å². The van der Waals surface area contributed by atoms with Gasteiger partial charge in [0.1, 0.15) is 5.70 Å². The SMILES string of the molecule is CCOc1cc(/C=C2\NC(=O)N(C3CCCCC3)C2=O)cc(Br)c1O. The van der Waals surface area contributed by atoms with Crippen molar-refractivity contribution in [2.45, 2.75) is 45.1 Å². The maximum absolute atomic E-state index is 12.7. The summed E-state index contributed by atoms with van der Waals surface area (Å²) in [6, 6.07) is 2.94. The van der Waals surface area contributed by atoms with Crippen LogP contribution in [-0.2, 0) is 4.79 Å². The van der Waals surface area contributed by atoms with E-state index in [1.165, 1.54) is 4.90 Å². The molecule has 0 aromatic heterocycles. The highest BCUT2D eigenvalue weighted by molar-refractivity contribution is 9.10. The summed E-state index contributed by atoms with van der Waals surface area (Å²) >= 11 is 3.28. The minimum Gasteiger partial charge on any atom is -0.503 e. The van der Waals surface area contributed by atoms with Crippen molar-refractivity contribution < 1.29 is 19.4 Å². The second-order valence-corrected chi connectivity index (χ2v) is 7.09. The van der Waals surface area contributed by atoms with Crippen LogP contribution in [0.1, 0.15) is 44.6 Å². The largest absolute Gasteiger partial charge is 0.503 e. The summed E-state index contributed by atoms with van der Waals surface area (Å²) in [5, 5.41) is 12.6. The van der Waals surface area contributed by atoms with Crippen LogP contribution < -0.4 is 10.1 Å². The second kappa shape index (κ2) is 7.47. The van der Waals surface area contributed by atoms with Gasteiger partial charge in [-0.2, -0.15) is 0 Å². The number of rotatable bonds is 4. The number of halogens is 1. The Morgan fingerprint density at radius 3 is 2.72 bits per heavy atom. The number of phenolic OH excluding ortho intramolecular Hbond substituents is 1. The van der Waals surface area contributed by atoms with E-state index in [4.69, 9.17) is 4.74 Å². The molecule has 134 valence electrons. The van der Waals surface area contributed by atoms with Crippen LogP contribution in [0, 0.1) is 0 Å².